The van der Waals surface area contributed by atoms with Crippen LogP contribution in [0.25, 0.3) is 0 Å². The first-order valence-electron chi connectivity index (χ1n) is 0.781. The number of nitrogens with two attached hydrogens (primary N) is 2. The Morgan fingerprint density at radius 2 is 1.33 bits per heavy atom. The summed E-state index contributed by atoms with van der Waals surface area (Å²) in [6, 6.07) is 0. The Labute approximate surface area is 53.7 Å². The van der Waals surface area contributed by atoms with Gasteiger partial charge in [0.1, 0.15) is 0 Å². The molecule has 0 spiro atoms. The van der Waals surface area contributed by atoms with Gasteiger partial charge in [0.2, 0.25) is 0 Å². The summed E-state index contributed by atoms with van der Waals surface area (Å²) in [5.74, 6) is 0. The Morgan fingerprint density at radius 1 is 1.33 bits per heavy atom. The smallest absolute Gasteiger partial charge is 0.160 e. The molecule has 0 rings (SSSR count). The molecule has 0 aliphatic heterocycles. The van der Waals surface area contributed by atoms with Crippen LogP contribution in [0.2, 0.25) is 0 Å². The minimum absolute atomic E-state index is 0. The third-order valence-electron chi connectivity index (χ3n) is 0. The Morgan fingerprint density at radius 3 is 1.33 bits per heavy atom. The number of rotatable bonds is 0. The van der Waals surface area contributed by atoms with Gasteiger partial charge in [-0.3, -0.25) is 0 Å². The molecule has 4 heteroatoms. The van der Waals surface area contributed by atoms with E-state index in [0.29, 0.717) is 0 Å². The van der Waals surface area contributed by atoms with Gasteiger partial charge in [-0.25, -0.2) is 0 Å². The largest absolute Gasteiger partial charge is 0.377 e. The van der Waals surface area contributed by atoms with Crippen molar-refractivity contribution < 1.29 is 17.1 Å². The Bertz CT molecular complexity index is 34.5. The fourth-order valence-electron chi connectivity index (χ4n) is 0. The van der Waals surface area contributed by atoms with E-state index in [1.165, 1.54) is 0 Å². The molecule has 0 aromatic rings. The van der Waals surface area contributed by atoms with Crippen LogP contribution in [0.15, 0.2) is 0 Å². The normalized spacial score (nSPS) is 4.00. The number of hydrogen-bond donors (Lipinski definition) is 2. The topological polar surface area (TPSA) is 52.0 Å². The predicted molar refractivity (Wildman–Crippen MR) is 27.7 cm³/mol. The summed E-state index contributed by atoms with van der Waals surface area (Å²) < 4.78 is 0. The van der Waals surface area contributed by atoms with E-state index in [9.17, 15) is 0 Å². The van der Waals surface area contributed by atoms with E-state index in [-0.39, 0.29) is 29.6 Å². The van der Waals surface area contributed by atoms with Gasteiger partial charge in [-0.05, 0) is 12.2 Å². The predicted octanol–water partition coefficient (Wildman–Crippen LogP) is -0.178. The first-order chi connectivity index (χ1) is 1.73. The zero-order valence-corrected chi connectivity index (χ0v) is 4.12. The fourth-order valence-corrected chi connectivity index (χ4v) is 0. The summed E-state index contributed by atoms with van der Waals surface area (Å²) in [6.07, 6.45) is 0. The molecular formula is C2H8CuN2S. The molecule has 0 bridgehead atoms. The molecule has 2 nitrogen and oxygen atoms in total. The zero-order chi connectivity index (χ0) is 3.58. The van der Waals surface area contributed by atoms with E-state index in [1.54, 1.807) is 0 Å². The molecule has 0 aliphatic carbocycles. The van der Waals surface area contributed by atoms with Crippen LogP contribution in [0.1, 0.15) is 7.43 Å². The van der Waals surface area contributed by atoms with Crippen molar-refractivity contribution >= 4 is 17.3 Å². The summed E-state index contributed by atoms with van der Waals surface area (Å²) in [5, 5.41) is 0.000000000000000222. The van der Waals surface area contributed by atoms with Crippen molar-refractivity contribution in [3.05, 3.63) is 0 Å². The number of thiocarbonyl (C=S) groups is 1. The van der Waals surface area contributed by atoms with E-state index < -0.39 is 0 Å². The number of hydrogen-bond acceptors (Lipinski definition) is 1. The second-order valence-electron chi connectivity index (χ2n) is 0.402. The summed E-state index contributed by atoms with van der Waals surface area (Å²) in [4.78, 5) is 0. The van der Waals surface area contributed by atoms with E-state index in [0.717, 1.165) is 0 Å². The third-order valence-corrected chi connectivity index (χ3v) is 0. The summed E-state index contributed by atoms with van der Waals surface area (Å²) in [5.41, 5.74) is 9.24. The second-order valence-corrected chi connectivity index (χ2v) is 0.874. The van der Waals surface area contributed by atoms with Crippen molar-refractivity contribution in [2.45, 2.75) is 7.43 Å². The van der Waals surface area contributed by atoms with Gasteiger partial charge < -0.3 is 11.5 Å². The van der Waals surface area contributed by atoms with Crippen molar-refractivity contribution in [1.29, 1.82) is 0 Å². The van der Waals surface area contributed by atoms with Crippen molar-refractivity contribution in [3.8, 4) is 0 Å². The monoisotopic (exact) mass is 155 g/mol. The first-order valence-corrected chi connectivity index (χ1v) is 1.19. The summed E-state index contributed by atoms with van der Waals surface area (Å²) in [6.45, 7) is 0. The molecule has 1 radical (unpaired) electrons. The summed E-state index contributed by atoms with van der Waals surface area (Å²) in [7, 11) is 0. The van der Waals surface area contributed by atoms with Gasteiger partial charge in [0, 0.05) is 17.1 Å². The van der Waals surface area contributed by atoms with E-state index in [1.807, 2.05) is 0 Å². The quantitative estimate of drug-likeness (QED) is 0.377. The Kier molecular flexibility index (Phi) is 24.4. The molecule has 0 saturated heterocycles. The van der Waals surface area contributed by atoms with Crippen molar-refractivity contribution in [2.24, 2.45) is 11.5 Å². The van der Waals surface area contributed by atoms with Gasteiger partial charge in [0.15, 0.2) is 5.11 Å². The van der Waals surface area contributed by atoms with Gasteiger partial charge in [-0.2, -0.15) is 0 Å². The third kappa shape index (κ3) is 988. The van der Waals surface area contributed by atoms with E-state index in [4.69, 9.17) is 0 Å². The molecule has 0 saturated carbocycles. The Balaban J connectivity index is -0.0000000450. The standard InChI is InChI=1S/CH4N2S.CH4.Cu/c2-1(3)4;;/h(H4,2,3,4);1H4;. The molecule has 0 fully saturated rings. The van der Waals surface area contributed by atoms with Crippen molar-refractivity contribution in [3.63, 3.8) is 0 Å². The van der Waals surface area contributed by atoms with Crippen LogP contribution < -0.4 is 11.5 Å². The van der Waals surface area contributed by atoms with Gasteiger partial charge >= 0.3 is 0 Å². The van der Waals surface area contributed by atoms with Crippen LogP contribution in [-0.2, 0) is 17.1 Å². The molecule has 4 N–H and O–H groups in total. The minimum atomic E-state index is 0. The molecular weight excluding hydrogens is 148 g/mol. The van der Waals surface area contributed by atoms with Gasteiger partial charge in [-0.15, -0.1) is 0 Å². The first kappa shape index (κ1) is 16.4. The molecule has 43 valence electrons. The van der Waals surface area contributed by atoms with Gasteiger partial charge in [0.05, 0.1) is 0 Å². The fraction of sp³-hybridized carbons (Fsp3) is 0.500. The second kappa shape index (κ2) is 8.96. The Hall–Kier alpha value is 0.209. The molecule has 0 atom stereocenters. The molecule has 0 aliphatic rings. The molecule has 0 aromatic heterocycles. The molecule has 0 heterocycles. The van der Waals surface area contributed by atoms with Crippen molar-refractivity contribution in [1.82, 2.24) is 0 Å². The van der Waals surface area contributed by atoms with Crippen LogP contribution in [-0.4, -0.2) is 5.11 Å². The van der Waals surface area contributed by atoms with Crippen LogP contribution in [0.3, 0.4) is 0 Å². The maximum absolute atomic E-state index is 4.62. The minimum Gasteiger partial charge on any atom is -0.377 e. The zero-order valence-electron chi connectivity index (χ0n) is 2.36. The maximum atomic E-state index is 4.62. The average Bonchev–Trinajstić information content (AvgIpc) is 0.811. The maximum Gasteiger partial charge on any atom is 0.160 e. The van der Waals surface area contributed by atoms with Crippen LogP contribution in [0.4, 0.5) is 0 Å². The van der Waals surface area contributed by atoms with Gasteiger partial charge in [0.25, 0.3) is 0 Å². The van der Waals surface area contributed by atoms with Crippen LogP contribution in [0, 0.1) is 0 Å². The van der Waals surface area contributed by atoms with Crippen molar-refractivity contribution in [2.75, 3.05) is 0 Å². The van der Waals surface area contributed by atoms with Crippen LogP contribution in [0.5, 0.6) is 0 Å². The van der Waals surface area contributed by atoms with Crippen LogP contribution >= 0.6 is 12.2 Å². The average molecular weight is 156 g/mol. The summed E-state index contributed by atoms with van der Waals surface area (Å²) >= 11 is 4.09. The van der Waals surface area contributed by atoms with E-state index >= 15 is 0 Å². The van der Waals surface area contributed by atoms with E-state index in [2.05, 4.69) is 23.7 Å². The SMILES string of the molecule is C.NC(N)=S.[Cu]. The van der Waals surface area contributed by atoms with Gasteiger partial charge in [-0.1, -0.05) is 7.43 Å². The molecule has 6 heavy (non-hydrogen) atoms. The molecule has 0 unspecified atom stereocenters. The molecule has 0 amide bonds. The molecule has 0 aromatic carbocycles.